The number of halogens is 2. The number of amides is 3. The largest absolute Gasteiger partial charge is 0.323 e. The van der Waals surface area contributed by atoms with E-state index in [9.17, 15) is 18.4 Å². The molecule has 2 aromatic rings. The highest BCUT2D eigenvalue weighted by Gasteiger charge is 2.21. The minimum atomic E-state index is -2.52. The number of hydrogen-bond acceptors (Lipinski definition) is 3. The standard InChI is InChI=1S/C16H17F2N5O2/c17-14(18)10-22-9-12(8-19-22)21-16(25)20-11-3-1-4-13(7-11)23-6-2-5-15(23)24/h1,3-4,7-9,14H,2,5-6,10H2,(H2,20,21,25). The molecule has 1 aromatic carbocycles. The zero-order valence-electron chi connectivity index (χ0n) is 13.3. The van der Waals surface area contributed by atoms with Crippen LogP contribution in [0.2, 0.25) is 0 Å². The summed E-state index contributed by atoms with van der Waals surface area (Å²) in [5, 5.41) is 8.91. The van der Waals surface area contributed by atoms with Crippen LogP contribution in [0.1, 0.15) is 12.8 Å². The quantitative estimate of drug-likeness (QED) is 0.871. The molecular formula is C16H17F2N5O2. The van der Waals surface area contributed by atoms with Gasteiger partial charge in [-0.15, -0.1) is 0 Å². The van der Waals surface area contributed by atoms with Gasteiger partial charge in [-0.05, 0) is 24.6 Å². The smallest absolute Gasteiger partial charge is 0.312 e. The highest BCUT2D eigenvalue weighted by atomic mass is 19.3. The minimum Gasteiger partial charge on any atom is -0.312 e. The molecule has 7 nitrogen and oxygen atoms in total. The van der Waals surface area contributed by atoms with Gasteiger partial charge in [0.1, 0.15) is 6.54 Å². The van der Waals surface area contributed by atoms with Crippen LogP contribution in [0.15, 0.2) is 36.7 Å². The van der Waals surface area contributed by atoms with E-state index in [1.807, 2.05) is 0 Å². The van der Waals surface area contributed by atoms with Crippen LogP contribution in [-0.2, 0) is 11.3 Å². The molecule has 0 atom stereocenters. The van der Waals surface area contributed by atoms with Crippen LogP contribution in [0.3, 0.4) is 0 Å². The molecular weight excluding hydrogens is 332 g/mol. The monoisotopic (exact) mass is 349 g/mol. The summed E-state index contributed by atoms with van der Waals surface area (Å²) in [6, 6.07) is 6.44. The molecule has 1 fully saturated rings. The molecule has 0 bridgehead atoms. The number of aromatic nitrogens is 2. The maximum absolute atomic E-state index is 12.3. The summed E-state index contributed by atoms with van der Waals surface area (Å²) in [5.74, 6) is 0.0630. The molecule has 2 heterocycles. The predicted molar refractivity (Wildman–Crippen MR) is 88.9 cm³/mol. The van der Waals surface area contributed by atoms with Crippen molar-refractivity contribution in [1.82, 2.24) is 9.78 Å². The zero-order chi connectivity index (χ0) is 17.8. The van der Waals surface area contributed by atoms with Gasteiger partial charge >= 0.3 is 6.03 Å². The van der Waals surface area contributed by atoms with Gasteiger partial charge in [0, 0.05) is 30.5 Å². The van der Waals surface area contributed by atoms with Crippen molar-refractivity contribution >= 4 is 29.0 Å². The topological polar surface area (TPSA) is 79.3 Å². The molecule has 3 amide bonds. The van der Waals surface area contributed by atoms with Crippen molar-refractivity contribution in [2.24, 2.45) is 0 Å². The molecule has 0 saturated carbocycles. The lowest BCUT2D eigenvalue weighted by Crippen LogP contribution is -2.24. The predicted octanol–water partition coefficient (Wildman–Crippen LogP) is 2.92. The normalized spacial score (nSPS) is 14.2. The lowest BCUT2D eigenvalue weighted by molar-refractivity contribution is -0.117. The van der Waals surface area contributed by atoms with Crippen LogP contribution < -0.4 is 15.5 Å². The second-order valence-corrected chi connectivity index (χ2v) is 5.62. The SMILES string of the molecule is O=C(Nc1cccc(N2CCCC2=O)c1)Nc1cnn(CC(F)F)c1. The van der Waals surface area contributed by atoms with Crippen molar-refractivity contribution in [3.05, 3.63) is 36.7 Å². The Labute approximate surface area is 142 Å². The van der Waals surface area contributed by atoms with Gasteiger partial charge in [-0.3, -0.25) is 9.48 Å². The van der Waals surface area contributed by atoms with E-state index in [1.165, 1.54) is 12.4 Å². The van der Waals surface area contributed by atoms with Crippen LogP contribution in [0.25, 0.3) is 0 Å². The first kappa shape index (κ1) is 16.9. The van der Waals surface area contributed by atoms with Crippen LogP contribution in [0.5, 0.6) is 0 Å². The second-order valence-electron chi connectivity index (χ2n) is 5.62. The first-order valence-electron chi connectivity index (χ1n) is 7.80. The molecule has 1 aliphatic rings. The van der Waals surface area contributed by atoms with Gasteiger partial charge in [-0.1, -0.05) is 6.07 Å². The Bertz CT molecular complexity index is 777. The van der Waals surface area contributed by atoms with E-state index in [-0.39, 0.29) is 5.91 Å². The molecule has 25 heavy (non-hydrogen) atoms. The fraction of sp³-hybridized carbons (Fsp3) is 0.312. The molecule has 0 unspecified atom stereocenters. The Morgan fingerprint density at radius 2 is 2.08 bits per heavy atom. The number of urea groups is 1. The lowest BCUT2D eigenvalue weighted by atomic mass is 10.2. The molecule has 3 rings (SSSR count). The maximum atomic E-state index is 12.3. The lowest BCUT2D eigenvalue weighted by Gasteiger charge is -2.16. The van der Waals surface area contributed by atoms with Crippen molar-refractivity contribution in [1.29, 1.82) is 0 Å². The number of alkyl halides is 2. The average molecular weight is 349 g/mol. The number of rotatable bonds is 5. The highest BCUT2D eigenvalue weighted by molar-refractivity contribution is 6.01. The van der Waals surface area contributed by atoms with E-state index in [0.717, 1.165) is 16.8 Å². The fourth-order valence-electron chi connectivity index (χ4n) is 2.64. The van der Waals surface area contributed by atoms with E-state index in [0.29, 0.717) is 24.3 Å². The minimum absolute atomic E-state index is 0.0630. The zero-order valence-corrected chi connectivity index (χ0v) is 13.3. The summed E-state index contributed by atoms with van der Waals surface area (Å²) in [5.41, 5.74) is 1.56. The molecule has 1 aliphatic heterocycles. The van der Waals surface area contributed by atoms with E-state index < -0.39 is 19.0 Å². The van der Waals surface area contributed by atoms with Crippen LogP contribution in [0.4, 0.5) is 30.6 Å². The Balaban J connectivity index is 1.61. The summed E-state index contributed by atoms with van der Waals surface area (Å²) in [6.45, 7) is 0.132. The summed E-state index contributed by atoms with van der Waals surface area (Å²) in [6.07, 6.45) is 1.45. The van der Waals surface area contributed by atoms with E-state index >= 15 is 0 Å². The average Bonchev–Trinajstić information content (AvgIpc) is 3.16. The van der Waals surface area contributed by atoms with Gasteiger partial charge < -0.3 is 15.5 Å². The Hall–Kier alpha value is -2.97. The fourth-order valence-corrected chi connectivity index (χ4v) is 2.64. The third kappa shape index (κ3) is 4.31. The molecule has 9 heteroatoms. The van der Waals surface area contributed by atoms with Crippen LogP contribution in [-0.4, -0.2) is 34.7 Å². The number of anilines is 3. The van der Waals surface area contributed by atoms with E-state index in [1.54, 1.807) is 29.2 Å². The van der Waals surface area contributed by atoms with Gasteiger partial charge in [0.25, 0.3) is 6.43 Å². The van der Waals surface area contributed by atoms with Crippen molar-refractivity contribution in [2.75, 3.05) is 22.1 Å². The van der Waals surface area contributed by atoms with Gasteiger partial charge in [0.15, 0.2) is 0 Å². The Morgan fingerprint density at radius 3 is 2.80 bits per heavy atom. The van der Waals surface area contributed by atoms with E-state index in [4.69, 9.17) is 0 Å². The number of hydrogen-bond donors (Lipinski definition) is 2. The van der Waals surface area contributed by atoms with E-state index in [2.05, 4.69) is 15.7 Å². The summed E-state index contributed by atoms with van der Waals surface area (Å²) >= 11 is 0. The molecule has 0 spiro atoms. The van der Waals surface area contributed by atoms with Gasteiger partial charge in [-0.25, -0.2) is 13.6 Å². The summed E-state index contributed by atoms with van der Waals surface area (Å²) in [4.78, 5) is 25.5. The third-order valence-corrected chi connectivity index (χ3v) is 3.71. The third-order valence-electron chi connectivity index (χ3n) is 3.71. The molecule has 0 radical (unpaired) electrons. The van der Waals surface area contributed by atoms with Crippen LogP contribution >= 0.6 is 0 Å². The van der Waals surface area contributed by atoms with Crippen molar-refractivity contribution < 1.29 is 18.4 Å². The maximum Gasteiger partial charge on any atom is 0.323 e. The van der Waals surface area contributed by atoms with Gasteiger partial charge in [0.2, 0.25) is 5.91 Å². The molecule has 2 N–H and O–H groups in total. The van der Waals surface area contributed by atoms with Crippen molar-refractivity contribution in [2.45, 2.75) is 25.8 Å². The molecule has 1 aromatic heterocycles. The first-order valence-corrected chi connectivity index (χ1v) is 7.80. The Morgan fingerprint density at radius 1 is 1.28 bits per heavy atom. The second kappa shape index (κ2) is 7.29. The number of carbonyl (C=O) groups excluding carboxylic acids is 2. The van der Waals surface area contributed by atoms with Gasteiger partial charge in [-0.2, -0.15) is 5.10 Å². The molecule has 1 saturated heterocycles. The Kier molecular flexibility index (Phi) is 4.92. The first-order chi connectivity index (χ1) is 12.0. The number of nitrogens with zero attached hydrogens (tertiary/aromatic N) is 3. The molecule has 132 valence electrons. The van der Waals surface area contributed by atoms with Crippen molar-refractivity contribution in [3.8, 4) is 0 Å². The van der Waals surface area contributed by atoms with Gasteiger partial charge in [0.05, 0.1) is 11.9 Å². The van der Waals surface area contributed by atoms with Crippen molar-refractivity contribution in [3.63, 3.8) is 0 Å². The number of carbonyl (C=O) groups is 2. The number of nitrogens with one attached hydrogen (secondary N) is 2. The molecule has 0 aliphatic carbocycles. The number of benzene rings is 1. The van der Waals surface area contributed by atoms with Crippen LogP contribution in [0, 0.1) is 0 Å². The summed E-state index contributed by atoms with van der Waals surface area (Å²) in [7, 11) is 0. The highest BCUT2D eigenvalue weighted by Crippen LogP contribution is 2.24. The summed E-state index contributed by atoms with van der Waals surface area (Å²) < 4.78 is 25.6.